The van der Waals surface area contributed by atoms with Crippen LogP contribution in [0.25, 0.3) is 33.8 Å². The normalized spacial score (nSPS) is 12.9. The van der Waals surface area contributed by atoms with E-state index in [1.54, 1.807) is 24.5 Å². The van der Waals surface area contributed by atoms with Gasteiger partial charge in [0.05, 0.1) is 5.69 Å². The van der Waals surface area contributed by atoms with E-state index < -0.39 is 13.2 Å². The van der Waals surface area contributed by atoms with Crippen LogP contribution < -0.4 is 0 Å². The van der Waals surface area contributed by atoms with Gasteiger partial charge in [-0.25, -0.2) is 0 Å². The Morgan fingerprint density at radius 1 is 0.727 bits per heavy atom. The smallest absolute Gasteiger partial charge is 0.0720 e. The third-order valence-electron chi connectivity index (χ3n) is 4.57. The predicted octanol–water partition coefficient (Wildman–Crippen LogP) is 6.72. The minimum absolute atomic E-state index is 0. The summed E-state index contributed by atoms with van der Waals surface area (Å²) in [6.07, 6.45) is 0.902. The van der Waals surface area contributed by atoms with E-state index in [0.29, 0.717) is 11.3 Å². The summed E-state index contributed by atoms with van der Waals surface area (Å²) in [7, 11) is 0. The van der Waals surface area contributed by atoms with Crippen molar-refractivity contribution in [3.05, 3.63) is 127 Å². The number of aryl methyl sites for hydroxylation is 1. The van der Waals surface area contributed by atoms with E-state index in [4.69, 9.17) is 6.85 Å². The maximum absolute atomic E-state index is 7.85. The molecule has 0 N–H and O–H groups in total. The Hall–Kier alpha value is -3.46. The summed E-state index contributed by atoms with van der Waals surface area (Å²) in [6, 6.07) is 35.8. The maximum atomic E-state index is 7.85. The van der Waals surface area contributed by atoms with Crippen LogP contribution in [-0.4, -0.2) is 15.0 Å². The molecule has 0 aliphatic heterocycles. The fourth-order valence-corrected chi connectivity index (χ4v) is 3.00. The van der Waals surface area contributed by atoms with Crippen molar-refractivity contribution in [3.63, 3.8) is 0 Å². The quantitative estimate of drug-likeness (QED) is 0.212. The molecule has 0 saturated carbocycles. The van der Waals surface area contributed by atoms with Gasteiger partial charge in [-0.1, -0.05) is 37.2 Å². The van der Waals surface area contributed by atoms with Crippen LogP contribution in [0.1, 0.15) is 19.4 Å². The maximum Gasteiger partial charge on any atom is 0.0720 e. The van der Waals surface area contributed by atoms with Crippen LogP contribution in [0.15, 0.2) is 109 Å². The Labute approximate surface area is 216 Å². The minimum Gasteiger partial charge on any atom is -0.305 e. The van der Waals surface area contributed by atoms with Crippen molar-refractivity contribution >= 4 is 0 Å². The zero-order chi connectivity index (χ0) is 26.3. The second-order valence-electron chi connectivity index (χ2n) is 6.73. The van der Waals surface area contributed by atoms with Crippen molar-refractivity contribution in [2.24, 2.45) is 0 Å². The average Bonchev–Trinajstić information content (AvgIpc) is 2.94. The molecule has 0 aliphatic carbocycles. The monoisotopic (exact) mass is 611 g/mol. The molecule has 3 aromatic heterocycles. The number of hydrogen-bond acceptors (Lipinski definition) is 3. The van der Waals surface area contributed by atoms with E-state index in [2.05, 4.69) is 27.1 Å². The molecular weight excluding hydrogens is 583 g/mol. The molecule has 0 amide bonds. The molecule has 1 radical (unpaired) electrons. The standard InChI is InChI=1S/C18H15N2.C11H8N.Ir/c1-2-16-9-6-10-18(20-16)15-11-12-17(19-13-15)14-7-4-3-5-8-14;1-2-6-10(7-3-1)11-8-4-5-9-12-11;/h3-7,9-13H,2H2,1H3;1-6,8-9H;/q2*-1;/i1D3,2D2;;. The van der Waals surface area contributed by atoms with Gasteiger partial charge in [-0.05, 0) is 36.0 Å². The number of hydrogen-bond donors (Lipinski definition) is 0. The van der Waals surface area contributed by atoms with Crippen LogP contribution in [0.5, 0.6) is 0 Å². The Morgan fingerprint density at radius 2 is 1.42 bits per heavy atom. The molecule has 0 fully saturated rings. The largest absolute Gasteiger partial charge is 0.305 e. The van der Waals surface area contributed by atoms with Crippen LogP contribution in [0, 0.1) is 12.1 Å². The third-order valence-corrected chi connectivity index (χ3v) is 4.57. The molecule has 0 atom stereocenters. The van der Waals surface area contributed by atoms with Crippen molar-refractivity contribution in [2.75, 3.05) is 0 Å². The summed E-state index contributed by atoms with van der Waals surface area (Å²) in [5.41, 5.74) is 4.68. The zero-order valence-corrected chi connectivity index (χ0v) is 20.0. The van der Waals surface area contributed by atoms with E-state index in [0.717, 1.165) is 22.5 Å². The van der Waals surface area contributed by atoms with Crippen LogP contribution in [0.4, 0.5) is 0 Å². The molecule has 5 rings (SSSR count). The molecular formula is C29H23IrN3-2. The molecule has 0 unspecified atom stereocenters. The second kappa shape index (κ2) is 12.5. The predicted molar refractivity (Wildman–Crippen MR) is 130 cm³/mol. The van der Waals surface area contributed by atoms with Crippen molar-refractivity contribution in [1.82, 2.24) is 15.0 Å². The third kappa shape index (κ3) is 6.76. The molecule has 2 aromatic carbocycles. The Kier molecular flexibility index (Phi) is 6.85. The minimum atomic E-state index is -2.79. The van der Waals surface area contributed by atoms with Gasteiger partial charge in [0.2, 0.25) is 0 Å². The molecule has 4 heteroatoms. The molecule has 0 aliphatic rings. The fraction of sp³-hybridized carbons (Fsp3) is 0.0690. The fourth-order valence-electron chi connectivity index (χ4n) is 3.00. The number of aromatic nitrogens is 3. The average molecular weight is 611 g/mol. The zero-order valence-electron chi connectivity index (χ0n) is 22.6. The van der Waals surface area contributed by atoms with Gasteiger partial charge in [0.15, 0.2) is 0 Å². The summed E-state index contributed by atoms with van der Waals surface area (Å²) in [4.78, 5) is 12.8. The number of benzene rings is 2. The molecule has 0 bridgehead atoms. The topological polar surface area (TPSA) is 38.7 Å². The first-order chi connectivity index (χ1) is 17.8. The Balaban J connectivity index is 0.000000258. The number of rotatable bonds is 4. The Bertz CT molecular complexity index is 1380. The molecule has 0 saturated heterocycles. The van der Waals surface area contributed by atoms with E-state index in [1.165, 1.54) is 6.07 Å². The first kappa shape index (κ1) is 18.0. The number of pyridine rings is 3. The van der Waals surface area contributed by atoms with Gasteiger partial charge in [0.25, 0.3) is 0 Å². The van der Waals surface area contributed by atoms with E-state index in [9.17, 15) is 0 Å². The summed E-state index contributed by atoms with van der Waals surface area (Å²) in [5.74, 6) is 0. The first-order valence-electron chi connectivity index (χ1n) is 12.5. The second-order valence-corrected chi connectivity index (χ2v) is 6.73. The van der Waals surface area contributed by atoms with Gasteiger partial charge in [-0.3, -0.25) is 4.98 Å². The van der Waals surface area contributed by atoms with Gasteiger partial charge in [0.1, 0.15) is 0 Å². The van der Waals surface area contributed by atoms with E-state index in [1.807, 2.05) is 78.9 Å². The molecule has 165 valence electrons. The van der Waals surface area contributed by atoms with Gasteiger partial charge in [-0.2, -0.15) is 0 Å². The van der Waals surface area contributed by atoms with E-state index in [-0.39, 0.29) is 25.8 Å². The summed E-state index contributed by atoms with van der Waals surface area (Å²) >= 11 is 0. The number of nitrogens with zero attached hydrogens (tertiary/aromatic N) is 3. The molecule has 0 spiro atoms. The van der Waals surface area contributed by atoms with Crippen molar-refractivity contribution < 1.29 is 27.0 Å². The van der Waals surface area contributed by atoms with Crippen molar-refractivity contribution in [1.29, 1.82) is 0 Å². The Morgan fingerprint density at radius 3 is 2.00 bits per heavy atom. The summed E-state index contributed by atoms with van der Waals surface area (Å²) in [6.45, 7) is -2.79. The SMILES string of the molecule is [2H]C([2H])([2H])C([2H])([2H])c1cccc(-c2ccc(-c3[c-]cccc3)nc2)n1.[Ir].[c-]1ccccc1-c1ccccn1. The van der Waals surface area contributed by atoms with Crippen molar-refractivity contribution in [2.45, 2.75) is 13.2 Å². The molecule has 33 heavy (non-hydrogen) atoms. The first-order valence-corrected chi connectivity index (χ1v) is 10.0. The van der Waals surface area contributed by atoms with E-state index >= 15 is 0 Å². The van der Waals surface area contributed by atoms with Crippen molar-refractivity contribution in [3.8, 4) is 33.8 Å². The molecule has 3 heterocycles. The van der Waals surface area contributed by atoms with Gasteiger partial charge >= 0.3 is 0 Å². The molecule has 5 aromatic rings. The van der Waals surface area contributed by atoms with Crippen LogP contribution in [-0.2, 0) is 26.5 Å². The summed E-state index contributed by atoms with van der Waals surface area (Å²) < 4.78 is 37.8. The van der Waals surface area contributed by atoms with Gasteiger partial charge in [-0.15, -0.1) is 71.8 Å². The summed E-state index contributed by atoms with van der Waals surface area (Å²) in [5, 5.41) is 0. The molecule has 3 nitrogen and oxygen atoms in total. The van der Waals surface area contributed by atoms with Gasteiger partial charge < -0.3 is 9.97 Å². The van der Waals surface area contributed by atoms with Crippen LogP contribution >= 0.6 is 0 Å². The van der Waals surface area contributed by atoms with Crippen LogP contribution in [0.3, 0.4) is 0 Å². The van der Waals surface area contributed by atoms with Gasteiger partial charge in [0, 0.05) is 50.6 Å². The van der Waals surface area contributed by atoms with Crippen LogP contribution in [0.2, 0.25) is 0 Å².